The van der Waals surface area contributed by atoms with Crippen LogP contribution in [0, 0.1) is 6.92 Å². The maximum atomic E-state index is 5.36. The lowest BCUT2D eigenvalue weighted by Gasteiger charge is -1.90. The van der Waals surface area contributed by atoms with Gasteiger partial charge in [-0.05, 0) is 26.3 Å². The molecule has 10 heavy (non-hydrogen) atoms. The van der Waals surface area contributed by atoms with E-state index in [1.54, 1.807) is 11.3 Å². The number of aryl methyl sites for hydroxylation is 2. The van der Waals surface area contributed by atoms with E-state index in [1.807, 2.05) is 6.92 Å². The summed E-state index contributed by atoms with van der Waals surface area (Å²) in [5.74, 6) is 0. The number of aromatic nitrogens is 1. The molecular formula is C7H12N2S. The molecule has 2 nitrogen and oxygen atoms in total. The van der Waals surface area contributed by atoms with Crippen LogP contribution in [0.25, 0.3) is 0 Å². The summed E-state index contributed by atoms with van der Waals surface area (Å²) in [7, 11) is 0. The van der Waals surface area contributed by atoms with Gasteiger partial charge in [0.15, 0.2) is 0 Å². The molecule has 1 heterocycles. The van der Waals surface area contributed by atoms with Gasteiger partial charge in [0.1, 0.15) is 0 Å². The van der Waals surface area contributed by atoms with Crippen LogP contribution in [0.5, 0.6) is 0 Å². The SMILES string of the molecule is Cc1nc(CCCN)cs1. The molecule has 0 spiro atoms. The Labute approximate surface area is 65.1 Å². The normalized spacial score (nSPS) is 10.2. The van der Waals surface area contributed by atoms with Crippen LogP contribution < -0.4 is 5.73 Å². The highest BCUT2D eigenvalue weighted by molar-refractivity contribution is 7.09. The molecule has 0 atom stereocenters. The summed E-state index contributed by atoms with van der Waals surface area (Å²) in [4.78, 5) is 4.31. The van der Waals surface area contributed by atoms with Crippen molar-refractivity contribution in [3.05, 3.63) is 16.1 Å². The highest BCUT2D eigenvalue weighted by Crippen LogP contribution is 2.08. The fourth-order valence-corrected chi connectivity index (χ4v) is 1.45. The Morgan fingerprint density at radius 2 is 2.50 bits per heavy atom. The molecule has 0 fully saturated rings. The zero-order chi connectivity index (χ0) is 7.40. The standard InChI is InChI=1S/C7H12N2S/c1-6-9-7(5-10-6)3-2-4-8/h5H,2-4,8H2,1H3. The number of thiazole rings is 1. The van der Waals surface area contributed by atoms with Gasteiger partial charge in [0.25, 0.3) is 0 Å². The third-order valence-electron chi connectivity index (χ3n) is 1.30. The summed E-state index contributed by atoms with van der Waals surface area (Å²) >= 11 is 1.70. The van der Waals surface area contributed by atoms with E-state index in [9.17, 15) is 0 Å². The van der Waals surface area contributed by atoms with Crippen LogP contribution in [0.15, 0.2) is 5.38 Å². The van der Waals surface area contributed by atoms with Gasteiger partial charge >= 0.3 is 0 Å². The molecule has 0 radical (unpaired) electrons. The Morgan fingerprint density at radius 1 is 1.70 bits per heavy atom. The van der Waals surface area contributed by atoms with Gasteiger partial charge in [-0.3, -0.25) is 0 Å². The average Bonchev–Trinajstić information content (AvgIpc) is 2.31. The first-order chi connectivity index (χ1) is 4.83. The average molecular weight is 156 g/mol. The maximum Gasteiger partial charge on any atom is 0.0897 e. The van der Waals surface area contributed by atoms with Crippen molar-refractivity contribution in [3.8, 4) is 0 Å². The molecule has 0 aliphatic carbocycles. The Bertz CT molecular complexity index is 195. The summed E-state index contributed by atoms with van der Waals surface area (Å²) < 4.78 is 0. The first kappa shape index (κ1) is 7.69. The van der Waals surface area contributed by atoms with E-state index in [-0.39, 0.29) is 0 Å². The molecule has 0 saturated carbocycles. The maximum absolute atomic E-state index is 5.36. The van der Waals surface area contributed by atoms with E-state index >= 15 is 0 Å². The molecule has 2 N–H and O–H groups in total. The molecule has 0 aliphatic rings. The van der Waals surface area contributed by atoms with Crippen molar-refractivity contribution in [1.29, 1.82) is 0 Å². The van der Waals surface area contributed by atoms with Gasteiger partial charge in [-0.15, -0.1) is 11.3 Å². The Kier molecular flexibility index (Phi) is 2.83. The smallest absolute Gasteiger partial charge is 0.0897 e. The van der Waals surface area contributed by atoms with Crippen molar-refractivity contribution in [3.63, 3.8) is 0 Å². The number of hydrogen-bond acceptors (Lipinski definition) is 3. The lowest BCUT2D eigenvalue weighted by Crippen LogP contribution is -2.00. The van der Waals surface area contributed by atoms with Crippen LogP contribution in [-0.2, 0) is 6.42 Å². The zero-order valence-electron chi connectivity index (χ0n) is 6.13. The molecule has 1 rings (SSSR count). The summed E-state index contributed by atoms with van der Waals surface area (Å²) in [5.41, 5.74) is 6.55. The molecule has 1 aromatic heterocycles. The quantitative estimate of drug-likeness (QED) is 0.717. The van der Waals surface area contributed by atoms with Gasteiger partial charge in [-0.25, -0.2) is 4.98 Å². The van der Waals surface area contributed by atoms with Crippen LogP contribution in [0.2, 0.25) is 0 Å². The second kappa shape index (κ2) is 3.68. The number of nitrogens with zero attached hydrogens (tertiary/aromatic N) is 1. The number of hydrogen-bond donors (Lipinski definition) is 1. The van der Waals surface area contributed by atoms with Crippen molar-refractivity contribution in [2.75, 3.05) is 6.54 Å². The fourth-order valence-electron chi connectivity index (χ4n) is 0.806. The van der Waals surface area contributed by atoms with E-state index in [4.69, 9.17) is 5.73 Å². The molecule has 0 aromatic carbocycles. The van der Waals surface area contributed by atoms with Crippen molar-refractivity contribution < 1.29 is 0 Å². The highest BCUT2D eigenvalue weighted by atomic mass is 32.1. The van der Waals surface area contributed by atoms with E-state index in [1.165, 1.54) is 5.69 Å². The molecule has 3 heteroatoms. The van der Waals surface area contributed by atoms with Crippen molar-refractivity contribution in [2.45, 2.75) is 19.8 Å². The van der Waals surface area contributed by atoms with Gasteiger partial charge in [0.2, 0.25) is 0 Å². The topological polar surface area (TPSA) is 38.9 Å². The van der Waals surface area contributed by atoms with Gasteiger partial charge in [0, 0.05) is 5.38 Å². The molecule has 56 valence electrons. The molecule has 0 unspecified atom stereocenters. The summed E-state index contributed by atoms with van der Waals surface area (Å²) in [6, 6.07) is 0. The Balaban J connectivity index is 2.42. The van der Waals surface area contributed by atoms with Crippen LogP contribution in [0.4, 0.5) is 0 Å². The predicted octanol–water partition coefficient (Wildman–Crippen LogP) is 1.34. The van der Waals surface area contributed by atoms with Crippen molar-refractivity contribution >= 4 is 11.3 Å². The van der Waals surface area contributed by atoms with Gasteiger partial charge in [0.05, 0.1) is 10.7 Å². The lowest BCUT2D eigenvalue weighted by atomic mass is 10.2. The second-order valence-electron chi connectivity index (χ2n) is 2.25. The molecule has 0 aliphatic heterocycles. The van der Waals surface area contributed by atoms with Crippen LogP contribution in [0.1, 0.15) is 17.1 Å². The van der Waals surface area contributed by atoms with Crippen LogP contribution >= 0.6 is 11.3 Å². The summed E-state index contributed by atoms with van der Waals surface area (Å²) in [5, 5.41) is 3.25. The largest absolute Gasteiger partial charge is 0.330 e. The van der Waals surface area contributed by atoms with E-state index < -0.39 is 0 Å². The molecule has 0 bridgehead atoms. The van der Waals surface area contributed by atoms with Crippen molar-refractivity contribution in [1.82, 2.24) is 4.98 Å². The molecular weight excluding hydrogens is 144 g/mol. The zero-order valence-corrected chi connectivity index (χ0v) is 6.95. The molecule has 0 saturated heterocycles. The minimum Gasteiger partial charge on any atom is -0.330 e. The number of rotatable bonds is 3. The third kappa shape index (κ3) is 2.08. The molecule has 0 amide bonds. The third-order valence-corrected chi connectivity index (χ3v) is 2.13. The number of nitrogens with two attached hydrogens (primary N) is 1. The first-order valence-electron chi connectivity index (χ1n) is 3.44. The van der Waals surface area contributed by atoms with E-state index in [0.29, 0.717) is 0 Å². The predicted molar refractivity (Wildman–Crippen MR) is 44.2 cm³/mol. The van der Waals surface area contributed by atoms with E-state index in [0.717, 1.165) is 24.4 Å². The van der Waals surface area contributed by atoms with Gasteiger partial charge in [-0.2, -0.15) is 0 Å². The highest BCUT2D eigenvalue weighted by Gasteiger charge is 1.95. The summed E-state index contributed by atoms with van der Waals surface area (Å²) in [6.45, 7) is 2.78. The first-order valence-corrected chi connectivity index (χ1v) is 4.32. The van der Waals surface area contributed by atoms with Gasteiger partial charge < -0.3 is 5.73 Å². The fraction of sp³-hybridized carbons (Fsp3) is 0.571. The van der Waals surface area contributed by atoms with Crippen LogP contribution in [0.3, 0.4) is 0 Å². The minimum atomic E-state index is 0.760. The second-order valence-corrected chi connectivity index (χ2v) is 3.31. The Hall–Kier alpha value is -0.410. The minimum absolute atomic E-state index is 0.760. The van der Waals surface area contributed by atoms with Crippen LogP contribution in [-0.4, -0.2) is 11.5 Å². The molecule has 1 aromatic rings. The van der Waals surface area contributed by atoms with Crippen molar-refractivity contribution in [2.24, 2.45) is 5.73 Å². The van der Waals surface area contributed by atoms with Gasteiger partial charge in [-0.1, -0.05) is 0 Å². The summed E-state index contributed by atoms with van der Waals surface area (Å²) in [6.07, 6.45) is 2.07. The Morgan fingerprint density at radius 3 is 3.00 bits per heavy atom. The van der Waals surface area contributed by atoms with E-state index in [2.05, 4.69) is 10.4 Å². The monoisotopic (exact) mass is 156 g/mol. The lowest BCUT2D eigenvalue weighted by molar-refractivity contribution is 0.814.